The Morgan fingerprint density at radius 3 is 2.92 bits per heavy atom. The van der Waals surface area contributed by atoms with Crippen LogP contribution in [0.15, 0.2) is 53.5 Å². The molecule has 2 aromatic carbocycles. The number of carbonyl (C=O) groups is 1. The van der Waals surface area contributed by atoms with Crippen molar-refractivity contribution in [1.82, 2.24) is 14.5 Å². The average molecular weight is 350 g/mol. The van der Waals surface area contributed by atoms with Crippen LogP contribution in [0.4, 0.5) is 10.1 Å². The van der Waals surface area contributed by atoms with E-state index in [4.69, 9.17) is 0 Å². The molecule has 130 valence electrons. The first-order valence-corrected chi connectivity index (χ1v) is 8.05. The molecule has 0 unspecified atom stereocenters. The zero-order chi connectivity index (χ0) is 18.3. The predicted octanol–water partition coefficient (Wildman–Crippen LogP) is 2.96. The molecule has 0 saturated heterocycles. The fourth-order valence-electron chi connectivity index (χ4n) is 2.96. The Morgan fingerprint density at radius 1 is 1.23 bits per heavy atom. The Balaban J connectivity index is 1.63. The van der Waals surface area contributed by atoms with E-state index in [1.165, 1.54) is 16.7 Å². The number of halogens is 1. The fourth-order valence-corrected chi connectivity index (χ4v) is 2.96. The highest BCUT2D eigenvalue weighted by atomic mass is 19.1. The summed E-state index contributed by atoms with van der Waals surface area (Å²) < 4.78 is 14.7. The Bertz CT molecular complexity index is 1210. The maximum absolute atomic E-state index is 13.4. The van der Waals surface area contributed by atoms with Gasteiger partial charge in [0.05, 0.1) is 10.9 Å². The van der Waals surface area contributed by atoms with E-state index in [2.05, 4.69) is 15.3 Å². The van der Waals surface area contributed by atoms with Crippen LogP contribution in [0.25, 0.3) is 21.8 Å². The minimum absolute atomic E-state index is 0.149. The highest BCUT2D eigenvalue weighted by Gasteiger charge is 2.12. The van der Waals surface area contributed by atoms with Crippen LogP contribution in [0, 0.1) is 12.7 Å². The van der Waals surface area contributed by atoms with Gasteiger partial charge in [0.2, 0.25) is 5.91 Å². The minimum Gasteiger partial charge on any atom is -0.361 e. The number of carbonyl (C=O) groups excluding carboxylic acids is 1. The van der Waals surface area contributed by atoms with Gasteiger partial charge >= 0.3 is 0 Å². The number of anilines is 1. The molecule has 2 heterocycles. The van der Waals surface area contributed by atoms with Gasteiger partial charge in [0.15, 0.2) is 0 Å². The summed E-state index contributed by atoms with van der Waals surface area (Å²) in [6.07, 6.45) is 1.82. The van der Waals surface area contributed by atoms with Crippen LogP contribution in [0.5, 0.6) is 0 Å². The monoisotopic (exact) mass is 350 g/mol. The van der Waals surface area contributed by atoms with Crippen molar-refractivity contribution in [3.63, 3.8) is 0 Å². The fraction of sp³-hybridized carbons (Fsp3) is 0.105. The molecule has 0 atom stereocenters. The second-order valence-corrected chi connectivity index (χ2v) is 6.04. The maximum atomic E-state index is 13.4. The number of aromatic amines is 1. The van der Waals surface area contributed by atoms with Gasteiger partial charge in [-0.1, -0.05) is 6.07 Å². The summed E-state index contributed by atoms with van der Waals surface area (Å²) >= 11 is 0. The number of rotatable bonds is 3. The lowest BCUT2D eigenvalue weighted by atomic mass is 10.2. The molecule has 0 aliphatic carbocycles. The lowest BCUT2D eigenvalue weighted by molar-refractivity contribution is -0.116. The van der Waals surface area contributed by atoms with E-state index in [1.807, 2.05) is 24.4 Å². The second kappa shape index (κ2) is 6.11. The van der Waals surface area contributed by atoms with Crippen LogP contribution < -0.4 is 10.9 Å². The first kappa shape index (κ1) is 16.0. The van der Waals surface area contributed by atoms with Crippen LogP contribution in [-0.4, -0.2) is 20.4 Å². The van der Waals surface area contributed by atoms with Crippen molar-refractivity contribution in [1.29, 1.82) is 0 Å². The van der Waals surface area contributed by atoms with E-state index in [0.29, 0.717) is 17.0 Å². The van der Waals surface area contributed by atoms with Gasteiger partial charge in [-0.3, -0.25) is 14.2 Å². The number of nitrogens with one attached hydrogen (secondary N) is 2. The molecular weight excluding hydrogens is 335 g/mol. The van der Waals surface area contributed by atoms with E-state index >= 15 is 0 Å². The number of nitrogens with zero attached hydrogens (tertiary/aromatic N) is 2. The molecule has 0 spiro atoms. The lowest BCUT2D eigenvalue weighted by Crippen LogP contribution is -2.30. The van der Waals surface area contributed by atoms with Gasteiger partial charge in [-0.15, -0.1) is 0 Å². The average Bonchev–Trinajstić information content (AvgIpc) is 3.07. The van der Waals surface area contributed by atoms with Gasteiger partial charge in [-0.05, 0) is 48.7 Å². The SMILES string of the molecule is Cc1nc2ccc(F)cc2c(=O)n1CC(=O)Nc1ccc2cc[nH]c2c1. The van der Waals surface area contributed by atoms with Crippen LogP contribution in [0.2, 0.25) is 0 Å². The highest BCUT2D eigenvalue weighted by molar-refractivity contribution is 5.93. The highest BCUT2D eigenvalue weighted by Crippen LogP contribution is 2.17. The van der Waals surface area contributed by atoms with Crippen LogP contribution in [0.1, 0.15) is 5.82 Å². The first-order chi connectivity index (χ1) is 12.5. The summed E-state index contributed by atoms with van der Waals surface area (Å²) in [5.74, 6) is -0.488. The predicted molar refractivity (Wildman–Crippen MR) is 97.6 cm³/mol. The smallest absolute Gasteiger partial charge is 0.261 e. The molecule has 0 fully saturated rings. The quantitative estimate of drug-likeness (QED) is 0.596. The van der Waals surface area contributed by atoms with Crippen LogP contribution >= 0.6 is 0 Å². The Labute approximate surface area is 147 Å². The molecule has 4 rings (SSSR count). The molecule has 0 aliphatic heterocycles. The summed E-state index contributed by atoms with van der Waals surface area (Å²) in [7, 11) is 0. The third kappa shape index (κ3) is 2.83. The van der Waals surface area contributed by atoms with Crippen LogP contribution in [-0.2, 0) is 11.3 Å². The van der Waals surface area contributed by atoms with Gasteiger partial charge in [-0.25, -0.2) is 9.37 Å². The summed E-state index contributed by atoms with van der Waals surface area (Å²) in [6.45, 7) is 1.44. The third-order valence-corrected chi connectivity index (χ3v) is 4.25. The van der Waals surface area contributed by atoms with E-state index in [-0.39, 0.29) is 17.8 Å². The van der Waals surface area contributed by atoms with Gasteiger partial charge in [-0.2, -0.15) is 0 Å². The van der Waals surface area contributed by atoms with Gasteiger partial charge < -0.3 is 10.3 Å². The van der Waals surface area contributed by atoms with Crippen molar-refractivity contribution in [3.8, 4) is 0 Å². The molecule has 6 nitrogen and oxygen atoms in total. The number of aromatic nitrogens is 3. The Hall–Kier alpha value is -3.48. The van der Waals surface area contributed by atoms with E-state index < -0.39 is 11.4 Å². The summed E-state index contributed by atoms with van der Waals surface area (Å²) in [5.41, 5.74) is 1.49. The third-order valence-electron chi connectivity index (χ3n) is 4.25. The van der Waals surface area contributed by atoms with Crippen molar-refractivity contribution < 1.29 is 9.18 Å². The van der Waals surface area contributed by atoms with E-state index in [9.17, 15) is 14.0 Å². The molecule has 1 amide bonds. The summed E-state index contributed by atoms with van der Waals surface area (Å²) in [6, 6.07) is 11.3. The Kier molecular flexibility index (Phi) is 3.76. The summed E-state index contributed by atoms with van der Waals surface area (Å²) in [4.78, 5) is 32.3. The van der Waals surface area contributed by atoms with Crippen molar-refractivity contribution in [2.45, 2.75) is 13.5 Å². The Morgan fingerprint density at radius 2 is 2.08 bits per heavy atom. The molecule has 0 aliphatic rings. The molecule has 7 heteroatoms. The minimum atomic E-state index is -0.518. The van der Waals surface area contributed by atoms with Crippen molar-refractivity contribution in [2.75, 3.05) is 5.32 Å². The normalized spacial score (nSPS) is 11.2. The molecule has 0 radical (unpaired) electrons. The van der Waals surface area contributed by atoms with Gasteiger partial charge in [0.25, 0.3) is 5.56 Å². The molecule has 4 aromatic rings. The number of amides is 1. The molecular formula is C19H15FN4O2. The number of hydrogen-bond donors (Lipinski definition) is 2. The largest absolute Gasteiger partial charge is 0.361 e. The number of benzene rings is 2. The lowest BCUT2D eigenvalue weighted by Gasteiger charge is -2.11. The molecule has 26 heavy (non-hydrogen) atoms. The van der Waals surface area contributed by atoms with E-state index in [1.54, 1.807) is 13.0 Å². The second-order valence-electron chi connectivity index (χ2n) is 6.04. The van der Waals surface area contributed by atoms with Crippen molar-refractivity contribution in [3.05, 3.63) is 70.7 Å². The number of H-pyrrole nitrogens is 1. The zero-order valence-electron chi connectivity index (χ0n) is 13.9. The number of aryl methyl sites for hydroxylation is 1. The number of hydrogen-bond acceptors (Lipinski definition) is 3. The van der Waals surface area contributed by atoms with Crippen molar-refractivity contribution >= 4 is 33.4 Å². The maximum Gasteiger partial charge on any atom is 0.261 e. The first-order valence-electron chi connectivity index (χ1n) is 8.05. The standard InChI is InChI=1S/C19H15FN4O2/c1-11-22-16-5-3-13(20)8-15(16)19(26)24(11)10-18(25)23-14-4-2-12-6-7-21-17(12)9-14/h2-9,21H,10H2,1H3,(H,23,25). The summed E-state index contributed by atoms with van der Waals surface area (Å²) in [5, 5.41) is 3.95. The van der Waals surface area contributed by atoms with Crippen LogP contribution in [0.3, 0.4) is 0 Å². The molecule has 0 saturated carbocycles. The van der Waals surface area contributed by atoms with E-state index in [0.717, 1.165) is 17.0 Å². The van der Waals surface area contributed by atoms with Crippen molar-refractivity contribution in [2.24, 2.45) is 0 Å². The number of fused-ring (bicyclic) bond motifs is 2. The molecule has 0 bridgehead atoms. The zero-order valence-corrected chi connectivity index (χ0v) is 13.9. The van der Waals surface area contributed by atoms with Gasteiger partial charge in [0, 0.05) is 17.4 Å². The molecule has 2 N–H and O–H groups in total. The topological polar surface area (TPSA) is 79.8 Å². The molecule has 2 aromatic heterocycles. The van der Waals surface area contributed by atoms with Gasteiger partial charge in [0.1, 0.15) is 18.2 Å².